The third-order valence-electron chi connectivity index (χ3n) is 2.83. The van der Waals surface area contributed by atoms with E-state index in [4.69, 9.17) is 9.15 Å². The van der Waals surface area contributed by atoms with Crippen LogP contribution in [0.3, 0.4) is 0 Å². The molecular formula is C12H14O4. The van der Waals surface area contributed by atoms with E-state index in [1.807, 2.05) is 0 Å². The van der Waals surface area contributed by atoms with E-state index in [2.05, 4.69) is 0 Å². The first-order chi connectivity index (χ1) is 7.72. The second-order valence-corrected chi connectivity index (χ2v) is 3.87. The quantitative estimate of drug-likeness (QED) is 0.736. The molecule has 0 aliphatic heterocycles. The molecular weight excluding hydrogens is 208 g/mol. The number of esters is 1. The van der Waals surface area contributed by atoms with Gasteiger partial charge in [0.25, 0.3) is 0 Å². The van der Waals surface area contributed by atoms with Crippen LogP contribution in [0.2, 0.25) is 0 Å². The maximum Gasteiger partial charge on any atom is 0.306 e. The Morgan fingerprint density at radius 1 is 1.62 bits per heavy atom. The Hall–Kier alpha value is -1.58. The van der Waals surface area contributed by atoms with E-state index in [0.717, 1.165) is 5.56 Å². The lowest BCUT2D eigenvalue weighted by Gasteiger charge is -2.19. The van der Waals surface area contributed by atoms with E-state index in [9.17, 15) is 9.59 Å². The Kier molecular flexibility index (Phi) is 3.08. The van der Waals surface area contributed by atoms with Crippen LogP contribution in [-0.2, 0) is 9.53 Å². The first kappa shape index (κ1) is 10.9. The first-order valence-electron chi connectivity index (χ1n) is 5.48. The normalized spacial score (nSPS) is 19.3. The second kappa shape index (κ2) is 4.51. The molecule has 0 saturated carbocycles. The maximum absolute atomic E-state index is 11.5. The summed E-state index contributed by atoms with van der Waals surface area (Å²) in [5, 5.41) is 0. The summed E-state index contributed by atoms with van der Waals surface area (Å²) in [5.74, 6) is 0.292. The number of fused-ring (bicyclic) bond motifs is 1. The number of carbonyl (C=O) groups excluding carboxylic acids is 2. The van der Waals surface area contributed by atoms with Crippen LogP contribution in [0.4, 0.5) is 0 Å². The average Bonchev–Trinajstić information content (AvgIpc) is 2.72. The summed E-state index contributed by atoms with van der Waals surface area (Å²) in [7, 11) is 0. The van der Waals surface area contributed by atoms with Gasteiger partial charge in [0.1, 0.15) is 0 Å². The van der Waals surface area contributed by atoms with Gasteiger partial charge in [-0.2, -0.15) is 0 Å². The predicted molar refractivity (Wildman–Crippen MR) is 56.3 cm³/mol. The molecule has 0 bridgehead atoms. The lowest BCUT2D eigenvalue weighted by Crippen LogP contribution is -2.17. The minimum atomic E-state index is -0.214. The van der Waals surface area contributed by atoms with E-state index in [1.165, 1.54) is 6.26 Å². The van der Waals surface area contributed by atoms with E-state index >= 15 is 0 Å². The predicted octanol–water partition coefficient (Wildman–Crippen LogP) is 2.29. The number of rotatable bonds is 3. The van der Waals surface area contributed by atoms with E-state index in [0.29, 0.717) is 31.6 Å². The highest BCUT2D eigenvalue weighted by Crippen LogP contribution is 2.34. The number of ether oxygens (including phenoxy) is 1. The minimum Gasteiger partial charge on any atom is -0.466 e. The average molecular weight is 222 g/mol. The summed E-state index contributed by atoms with van der Waals surface area (Å²) in [6, 6.07) is 1.77. The lowest BCUT2D eigenvalue weighted by molar-refractivity contribution is -0.143. The van der Waals surface area contributed by atoms with Gasteiger partial charge in [-0.25, -0.2) is 0 Å². The number of carbonyl (C=O) groups is 2. The largest absolute Gasteiger partial charge is 0.466 e. The van der Waals surface area contributed by atoms with Crippen LogP contribution in [0.15, 0.2) is 16.7 Å². The summed E-state index contributed by atoms with van der Waals surface area (Å²) in [4.78, 5) is 22.9. The molecule has 1 atom stereocenters. The Morgan fingerprint density at radius 3 is 3.19 bits per heavy atom. The molecule has 0 fully saturated rings. The molecule has 2 rings (SSSR count). The summed E-state index contributed by atoms with van der Waals surface area (Å²) in [6.45, 7) is 2.17. The molecule has 0 spiro atoms. The fraction of sp³-hybridized carbons (Fsp3) is 0.500. The number of Topliss-reactive ketones (excluding diaryl/α,β-unsaturated/α-hetero) is 1. The van der Waals surface area contributed by atoms with Crippen molar-refractivity contribution in [3.05, 3.63) is 23.7 Å². The van der Waals surface area contributed by atoms with Crippen molar-refractivity contribution in [3.63, 3.8) is 0 Å². The Labute approximate surface area is 93.6 Å². The van der Waals surface area contributed by atoms with Crippen molar-refractivity contribution in [3.8, 4) is 0 Å². The van der Waals surface area contributed by atoms with Crippen molar-refractivity contribution in [2.24, 2.45) is 0 Å². The molecule has 1 aliphatic rings. The Morgan fingerprint density at radius 2 is 2.44 bits per heavy atom. The van der Waals surface area contributed by atoms with Crippen molar-refractivity contribution in [1.82, 2.24) is 0 Å². The number of furan rings is 1. The zero-order valence-electron chi connectivity index (χ0n) is 9.19. The van der Waals surface area contributed by atoms with Crippen molar-refractivity contribution in [2.45, 2.75) is 32.1 Å². The standard InChI is InChI=1S/C12H14O4/c1-2-15-11(14)7-8-3-4-10(13)12-9(8)5-6-16-12/h5-6,8H,2-4,7H2,1H3. The maximum atomic E-state index is 11.5. The molecule has 1 aliphatic carbocycles. The molecule has 0 N–H and O–H groups in total. The topological polar surface area (TPSA) is 56.5 Å². The lowest BCUT2D eigenvalue weighted by atomic mass is 9.84. The fourth-order valence-corrected chi connectivity index (χ4v) is 2.07. The highest BCUT2D eigenvalue weighted by Gasteiger charge is 2.30. The zero-order chi connectivity index (χ0) is 11.5. The van der Waals surface area contributed by atoms with Gasteiger partial charge in [-0.05, 0) is 25.3 Å². The van der Waals surface area contributed by atoms with E-state index in [1.54, 1.807) is 13.0 Å². The molecule has 1 heterocycles. The monoisotopic (exact) mass is 222 g/mol. The van der Waals surface area contributed by atoms with Crippen LogP contribution >= 0.6 is 0 Å². The van der Waals surface area contributed by atoms with E-state index in [-0.39, 0.29) is 17.7 Å². The van der Waals surface area contributed by atoms with Gasteiger partial charge in [0.15, 0.2) is 11.5 Å². The number of ketones is 1. The van der Waals surface area contributed by atoms with Crippen molar-refractivity contribution in [2.75, 3.05) is 6.61 Å². The van der Waals surface area contributed by atoms with Crippen molar-refractivity contribution < 1.29 is 18.7 Å². The summed E-state index contributed by atoms with van der Waals surface area (Å²) in [5.41, 5.74) is 0.851. The van der Waals surface area contributed by atoms with Crippen LogP contribution in [0.25, 0.3) is 0 Å². The molecule has 4 nitrogen and oxygen atoms in total. The summed E-state index contributed by atoms with van der Waals surface area (Å²) >= 11 is 0. The number of hydrogen-bond donors (Lipinski definition) is 0. The van der Waals surface area contributed by atoms with Gasteiger partial charge in [-0.15, -0.1) is 0 Å². The molecule has 0 aromatic carbocycles. The van der Waals surface area contributed by atoms with Gasteiger partial charge >= 0.3 is 5.97 Å². The van der Waals surface area contributed by atoms with E-state index < -0.39 is 0 Å². The van der Waals surface area contributed by atoms with Crippen LogP contribution in [0.1, 0.15) is 48.2 Å². The molecule has 0 amide bonds. The van der Waals surface area contributed by atoms with Crippen molar-refractivity contribution in [1.29, 1.82) is 0 Å². The highest BCUT2D eigenvalue weighted by molar-refractivity contribution is 5.96. The molecule has 0 radical (unpaired) electrons. The van der Waals surface area contributed by atoms with Gasteiger partial charge < -0.3 is 9.15 Å². The van der Waals surface area contributed by atoms with Crippen LogP contribution in [0.5, 0.6) is 0 Å². The third-order valence-corrected chi connectivity index (χ3v) is 2.83. The Bertz CT molecular complexity index is 405. The third kappa shape index (κ3) is 2.01. The molecule has 1 aromatic rings. The smallest absolute Gasteiger partial charge is 0.306 e. The van der Waals surface area contributed by atoms with Crippen molar-refractivity contribution >= 4 is 11.8 Å². The molecule has 86 valence electrons. The SMILES string of the molecule is CCOC(=O)CC1CCC(=O)c2occc21. The first-order valence-corrected chi connectivity index (χ1v) is 5.48. The Balaban J connectivity index is 2.11. The summed E-state index contributed by atoms with van der Waals surface area (Å²) in [6.07, 6.45) is 2.98. The van der Waals surface area contributed by atoms with Gasteiger partial charge in [-0.3, -0.25) is 9.59 Å². The molecule has 1 aromatic heterocycles. The molecule has 4 heteroatoms. The molecule has 16 heavy (non-hydrogen) atoms. The van der Waals surface area contributed by atoms with Gasteiger partial charge in [0.2, 0.25) is 0 Å². The minimum absolute atomic E-state index is 0.0279. The highest BCUT2D eigenvalue weighted by atomic mass is 16.5. The van der Waals surface area contributed by atoms with Gasteiger partial charge in [0.05, 0.1) is 19.3 Å². The van der Waals surface area contributed by atoms with Gasteiger partial charge in [-0.1, -0.05) is 0 Å². The molecule has 0 saturated heterocycles. The fourth-order valence-electron chi connectivity index (χ4n) is 2.07. The molecule has 1 unspecified atom stereocenters. The second-order valence-electron chi connectivity index (χ2n) is 3.87. The number of hydrogen-bond acceptors (Lipinski definition) is 4. The van der Waals surface area contributed by atoms with Crippen LogP contribution < -0.4 is 0 Å². The van der Waals surface area contributed by atoms with Gasteiger partial charge in [0, 0.05) is 12.0 Å². The zero-order valence-corrected chi connectivity index (χ0v) is 9.19. The summed E-state index contributed by atoms with van der Waals surface area (Å²) < 4.78 is 10.0. The van der Waals surface area contributed by atoms with Crippen LogP contribution in [-0.4, -0.2) is 18.4 Å². The van der Waals surface area contributed by atoms with Crippen LogP contribution in [0, 0.1) is 0 Å².